The second-order valence-corrected chi connectivity index (χ2v) is 5.98. The van der Waals surface area contributed by atoms with Crippen LogP contribution >= 0.6 is 0 Å². The highest BCUT2D eigenvalue weighted by molar-refractivity contribution is 6.03. The predicted octanol–water partition coefficient (Wildman–Crippen LogP) is 0.852. The number of amides is 3. The summed E-state index contributed by atoms with van der Waals surface area (Å²) in [4.78, 5) is 34.2. The Labute approximate surface area is 141 Å². The zero-order chi connectivity index (χ0) is 17.3. The number of benzene rings is 1. The van der Waals surface area contributed by atoms with Gasteiger partial charge in [0.1, 0.15) is 0 Å². The molecule has 1 aromatic rings. The van der Waals surface area contributed by atoms with E-state index in [1.807, 2.05) is 47.2 Å². The highest BCUT2D eigenvalue weighted by atomic mass is 16.2. The van der Waals surface area contributed by atoms with Crippen molar-refractivity contribution in [1.29, 1.82) is 0 Å². The van der Waals surface area contributed by atoms with Crippen LogP contribution in [0, 0.1) is 0 Å². The number of nitrogens with zero attached hydrogens (tertiary/aromatic N) is 4. The molecular weight excluding hydrogens is 306 g/mol. The second-order valence-electron chi connectivity index (χ2n) is 5.98. The van der Waals surface area contributed by atoms with Crippen LogP contribution in [-0.2, 0) is 11.3 Å². The van der Waals surface area contributed by atoms with Gasteiger partial charge in [0.15, 0.2) is 18.2 Å². The van der Waals surface area contributed by atoms with Crippen molar-refractivity contribution in [2.75, 3.05) is 20.6 Å². The lowest BCUT2D eigenvalue weighted by atomic mass is 10.1. The summed E-state index contributed by atoms with van der Waals surface area (Å²) in [5.74, 6) is 0.363. The van der Waals surface area contributed by atoms with Gasteiger partial charge in [-0.15, -0.1) is 6.58 Å². The summed E-state index contributed by atoms with van der Waals surface area (Å²) < 4.78 is 0. The Balaban J connectivity index is 1.88. The molecule has 2 unspecified atom stereocenters. The topological polar surface area (TPSA) is 68.2 Å². The normalized spacial score (nSPS) is 22.8. The Kier molecular flexibility index (Phi) is 4.24. The van der Waals surface area contributed by atoms with E-state index in [2.05, 4.69) is 16.9 Å². The Bertz CT molecular complexity index is 687. The smallest absolute Gasteiger partial charge is 0.325 e. The molecule has 2 aliphatic heterocycles. The lowest BCUT2D eigenvalue weighted by Crippen LogP contribution is -2.64. The Morgan fingerprint density at radius 1 is 1.33 bits per heavy atom. The SMILES string of the molecule is C=CCN1C(N(C)Cc2ccccc2)=NC2C1C(=O)NC(=O)N2C. The average molecular weight is 327 g/mol. The third-order valence-corrected chi connectivity index (χ3v) is 4.27. The first-order chi connectivity index (χ1) is 11.5. The van der Waals surface area contributed by atoms with Crippen molar-refractivity contribution >= 4 is 17.9 Å². The molecule has 126 valence electrons. The fraction of sp³-hybridized carbons (Fsp3) is 0.353. The molecule has 7 heteroatoms. The van der Waals surface area contributed by atoms with Crippen LogP contribution in [0.15, 0.2) is 48.0 Å². The lowest BCUT2D eigenvalue weighted by molar-refractivity contribution is -0.127. The number of guanidine groups is 1. The van der Waals surface area contributed by atoms with Crippen LogP contribution < -0.4 is 5.32 Å². The molecule has 0 spiro atoms. The zero-order valence-corrected chi connectivity index (χ0v) is 13.8. The molecular formula is C17H21N5O2. The minimum Gasteiger partial charge on any atom is -0.341 e. The van der Waals surface area contributed by atoms with Crippen LogP contribution in [0.5, 0.6) is 0 Å². The number of hydrogen-bond donors (Lipinski definition) is 1. The van der Waals surface area contributed by atoms with Gasteiger partial charge in [0.05, 0.1) is 0 Å². The molecule has 0 aliphatic carbocycles. The van der Waals surface area contributed by atoms with Crippen molar-refractivity contribution < 1.29 is 9.59 Å². The van der Waals surface area contributed by atoms with Crippen LogP contribution in [0.25, 0.3) is 0 Å². The maximum absolute atomic E-state index is 12.3. The fourth-order valence-corrected chi connectivity index (χ4v) is 3.09. The molecule has 3 rings (SSSR count). The molecule has 2 aliphatic rings. The molecule has 0 saturated carbocycles. The number of nitrogens with one attached hydrogen (secondary N) is 1. The second kappa shape index (κ2) is 6.35. The van der Waals surface area contributed by atoms with Gasteiger partial charge in [0, 0.05) is 27.2 Å². The molecule has 0 aromatic heterocycles. The molecule has 1 aromatic carbocycles. The number of carbonyl (C=O) groups excluding carboxylic acids is 2. The van der Waals surface area contributed by atoms with Gasteiger partial charge in [0.25, 0.3) is 5.91 Å². The minimum atomic E-state index is -0.529. The molecule has 0 bridgehead atoms. The number of hydrogen-bond acceptors (Lipinski definition) is 5. The quantitative estimate of drug-likeness (QED) is 0.833. The van der Waals surface area contributed by atoms with Crippen LogP contribution in [0.2, 0.25) is 0 Å². The Hall–Kier alpha value is -2.83. The highest BCUT2D eigenvalue weighted by Gasteiger charge is 2.48. The fourth-order valence-electron chi connectivity index (χ4n) is 3.09. The van der Waals surface area contributed by atoms with E-state index in [4.69, 9.17) is 0 Å². The standard InChI is InChI=1S/C17H21N5O2/c1-4-10-22-13-14(21(3)17(24)19-15(13)23)18-16(22)20(2)11-12-8-6-5-7-9-12/h4-9,13-14H,1,10-11H2,2-3H3,(H,19,23,24). The van der Waals surface area contributed by atoms with Crippen molar-refractivity contribution in [1.82, 2.24) is 20.0 Å². The number of fused-ring (bicyclic) bond motifs is 1. The first kappa shape index (κ1) is 16.0. The van der Waals surface area contributed by atoms with Gasteiger partial charge in [-0.05, 0) is 5.56 Å². The third-order valence-electron chi connectivity index (χ3n) is 4.27. The van der Waals surface area contributed by atoms with Crippen LogP contribution in [-0.4, -0.2) is 65.4 Å². The molecule has 0 radical (unpaired) electrons. The average Bonchev–Trinajstić information content (AvgIpc) is 2.94. The number of rotatable bonds is 4. The van der Waals surface area contributed by atoms with Crippen LogP contribution in [0.4, 0.5) is 4.79 Å². The third kappa shape index (κ3) is 2.73. The summed E-state index contributed by atoms with van der Waals surface area (Å²) in [7, 11) is 3.58. The summed E-state index contributed by atoms with van der Waals surface area (Å²) in [6.45, 7) is 4.91. The molecule has 2 heterocycles. The van der Waals surface area contributed by atoms with Crippen molar-refractivity contribution in [2.24, 2.45) is 4.99 Å². The van der Waals surface area contributed by atoms with Crippen LogP contribution in [0.3, 0.4) is 0 Å². The van der Waals surface area contributed by atoms with Gasteiger partial charge in [0.2, 0.25) is 0 Å². The zero-order valence-electron chi connectivity index (χ0n) is 13.8. The van der Waals surface area contributed by atoms with Gasteiger partial charge >= 0.3 is 6.03 Å². The first-order valence-corrected chi connectivity index (χ1v) is 7.81. The minimum absolute atomic E-state index is 0.322. The van der Waals surface area contributed by atoms with E-state index in [0.717, 1.165) is 5.56 Å². The summed E-state index contributed by atoms with van der Waals surface area (Å²) in [6.07, 6.45) is 1.22. The van der Waals surface area contributed by atoms with E-state index in [-0.39, 0.29) is 5.91 Å². The van der Waals surface area contributed by atoms with Gasteiger partial charge in [-0.1, -0.05) is 36.4 Å². The Morgan fingerprint density at radius 3 is 2.71 bits per heavy atom. The van der Waals surface area contributed by atoms with Crippen molar-refractivity contribution in [3.8, 4) is 0 Å². The number of likely N-dealkylation sites (N-methyl/N-ethyl adjacent to an activating group) is 1. The maximum Gasteiger partial charge on any atom is 0.325 e. The maximum atomic E-state index is 12.3. The predicted molar refractivity (Wildman–Crippen MR) is 91.1 cm³/mol. The highest BCUT2D eigenvalue weighted by Crippen LogP contribution is 2.25. The molecule has 3 amide bonds. The molecule has 2 atom stereocenters. The first-order valence-electron chi connectivity index (χ1n) is 7.81. The van der Waals surface area contributed by atoms with Crippen molar-refractivity contribution in [3.05, 3.63) is 48.6 Å². The van der Waals surface area contributed by atoms with Crippen molar-refractivity contribution in [2.45, 2.75) is 18.8 Å². The van der Waals surface area contributed by atoms with Gasteiger partial charge in [-0.25, -0.2) is 9.79 Å². The Morgan fingerprint density at radius 2 is 2.04 bits per heavy atom. The molecule has 1 saturated heterocycles. The van der Waals surface area contributed by atoms with E-state index in [1.165, 1.54) is 4.90 Å². The summed E-state index contributed by atoms with van der Waals surface area (Å²) in [5.41, 5.74) is 1.14. The van der Waals surface area contributed by atoms with E-state index < -0.39 is 18.2 Å². The number of carbonyl (C=O) groups is 2. The van der Waals surface area contributed by atoms with Gasteiger partial charge < -0.3 is 14.7 Å². The largest absolute Gasteiger partial charge is 0.341 e. The van der Waals surface area contributed by atoms with Gasteiger partial charge in [-0.3, -0.25) is 10.1 Å². The summed E-state index contributed by atoms with van der Waals surface area (Å²) in [6, 6.07) is 9.08. The lowest BCUT2D eigenvalue weighted by Gasteiger charge is -2.36. The number of aliphatic imine (C=N–C) groups is 1. The summed E-state index contributed by atoms with van der Waals surface area (Å²) >= 11 is 0. The van der Waals surface area contributed by atoms with Gasteiger partial charge in [-0.2, -0.15) is 0 Å². The molecule has 1 N–H and O–H groups in total. The van der Waals surface area contributed by atoms with E-state index in [9.17, 15) is 9.59 Å². The number of urea groups is 1. The number of imide groups is 1. The molecule has 7 nitrogen and oxygen atoms in total. The van der Waals surface area contributed by atoms with E-state index >= 15 is 0 Å². The summed E-state index contributed by atoms with van der Waals surface area (Å²) in [5, 5.41) is 2.38. The molecule has 1 fully saturated rings. The van der Waals surface area contributed by atoms with E-state index in [0.29, 0.717) is 19.0 Å². The van der Waals surface area contributed by atoms with Crippen molar-refractivity contribution in [3.63, 3.8) is 0 Å². The monoisotopic (exact) mass is 327 g/mol. The van der Waals surface area contributed by atoms with Crippen LogP contribution in [0.1, 0.15) is 5.56 Å². The van der Waals surface area contributed by atoms with E-state index in [1.54, 1.807) is 13.1 Å². The molecule has 24 heavy (non-hydrogen) atoms.